The van der Waals surface area contributed by atoms with E-state index in [1.165, 1.54) is 0 Å². The molecule has 0 saturated carbocycles. The van der Waals surface area contributed by atoms with Crippen LogP contribution in [0.15, 0.2) is 54.6 Å². The maximum Gasteiger partial charge on any atom is 0.253 e. The summed E-state index contributed by atoms with van der Waals surface area (Å²) in [5.74, 6) is 0.825. The number of piperazine rings is 1. The normalized spacial score (nSPS) is 15.1. The molecule has 1 N–H and O–H groups in total. The van der Waals surface area contributed by atoms with Crippen LogP contribution in [-0.4, -0.2) is 61.4 Å². The van der Waals surface area contributed by atoms with Crippen molar-refractivity contribution in [2.24, 2.45) is 5.92 Å². The average molecular weight is 396 g/mol. The zero-order valence-electron chi connectivity index (χ0n) is 17.1. The van der Waals surface area contributed by atoms with Gasteiger partial charge in [0.15, 0.2) is 0 Å². The fourth-order valence-corrected chi connectivity index (χ4v) is 3.45. The first kappa shape index (κ1) is 20.9. The van der Waals surface area contributed by atoms with Crippen LogP contribution in [-0.2, 0) is 11.4 Å². The fraction of sp³-hybridized carbons (Fsp3) is 0.391. The molecule has 0 spiro atoms. The summed E-state index contributed by atoms with van der Waals surface area (Å²) in [6.07, 6.45) is 0. The lowest BCUT2D eigenvalue weighted by atomic mass is 10.1. The summed E-state index contributed by atoms with van der Waals surface area (Å²) < 4.78 is 5.78. The maximum atomic E-state index is 12.8. The van der Waals surface area contributed by atoms with E-state index in [4.69, 9.17) is 4.74 Å². The van der Waals surface area contributed by atoms with Crippen molar-refractivity contribution in [3.63, 3.8) is 0 Å². The fourth-order valence-electron chi connectivity index (χ4n) is 3.45. The molecule has 2 aromatic rings. The van der Waals surface area contributed by atoms with E-state index in [-0.39, 0.29) is 17.7 Å². The van der Waals surface area contributed by atoms with Gasteiger partial charge in [0, 0.05) is 44.2 Å². The Morgan fingerprint density at radius 1 is 0.966 bits per heavy atom. The van der Waals surface area contributed by atoms with Gasteiger partial charge in [0.05, 0.1) is 0 Å². The quantitative estimate of drug-likeness (QED) is 0.782. The van der Waals surface area contributed by atoms with Crippen molar-refractivity contribution in [3.05, 3.63) is 65.7 Å². The van der Waals surface area contributed by atoms with Crippen molar-refractivity contribution in [2.75, 3.05) is 39.8 Å². The van der Waals surface area contributed by atoms with Gasteiger partial charge in [0.2, 0.25) is 5.91 Å². The second kappa shape index (κ2) is 10.1. The predicted molar refractivity (Wildman–Crippen MR) is 113 cm³/mol. The first-order valence-electron chi connectivity index (χ1n) is 10.1. The summed E-state index contributed by atoms with van der Waals surface area (Å²) in [5, 5.41) is 3.04. The van der Waals surface area contributed by atoms with E-state index in [0.717, 1.165) is 11.3 Å². The minimum absolute atomic E-state index is 0.00465. The Morgan fingerprint density at radius 3 is 2.21 bits per heavy atom. The summed E-state index contributed by atoms with van der Waals surface area (Å²) in [7, 11) is 1.85. The lowest BCUT2D eigenvalue weighted by Crippen LogP contribution is -2.52. The molecule has 1 unspecified atom stereocenters. The molecule has 1 heterocycles. The number of amides is 2. The average Bonchev–Trinajstić information content (AvgIpc) is 2.78. The zero-order valence-corrected chi connectivity index (χ0v) is 17.1. The van der Waals surface area contributed by atoms with Crippen LogP contribution in [0.3, 0.4) is 0 Å². The van der Waals surface area contributed by atoms with Crippen LogP contribution in [0.25, 0.3) is 0 Å². The van der Waals surface area contributed by atoms with Crippen LogP contribution in [0.2, 0.25) is 0 Å². The Kier molecular flexibility index (Phi) is 7.25. The molecule has 2 aromatic carbocycles. The van der Waals surface area contributed by atoms with Crippen LogP contribution in [0, 0.1) is 5.92 Å². The van der Waals surface area contributed by atoms with Gasteiger partial charge in [-0.25, -0.2) is 0 Å². The number of carbonyl (C=O) groups excluding carboxylic acids is 2. The second-order valence-electron chi connectivity index (χ2n) is 7.37. The Balaban J connectivity index is 1.50. The number of hydrogen-bond acceptors (Lipinski definition) is 4. The molecular weight excluding hydrogens is 366 g/mol. The van der Waals surface area contributed by atoms with Crippen LogP contribution in [0.1, 0.15) is 22.8 Å². The molecule has 1 aliphatic heterocycles. The van der Waals surface area contributed by atoms with Gasteiger partial charge in [0.1, 0.15) is 12.4 Å². The number of ether oxygens (including phenoxy) is 1. The van der Waals surface area contributed by atoms with Gasteiger partial charge in [0.25, 0.3) is 5.91 Å². The molecule has 1 saturated heterocycles. The molecule has 1 aliphatic rings. The molecule has 1 fully saturated rings. The zero-order chi connectivity index (χ0) is 20.6. The lowest BCUT2D eigenvalue weighted by Gasteiger charge is -2.36. The Hall–Kier alpha value is -2.86. The summed E-state index contributed by atoms with van der Waals surface area (Å²) in [5.41, 5.74) is 1.74. The van der Waals surface area contributed by atoms with Crippen molar-refractivity contribution in [3.8, 4) is 5.75 Å². The molecule has 2 amide bonds. The van der Waals surface area contributed by atoms with Gasteiger partial charge in [-0.15, -0.1) is 0 Å². The van der Waals surface area contributed by atoms with Gasteiger partial charge in [-0.1, -0.05) is 37.3 Å². The third kappa shape index (κ3) is 5.57. The van der Waals surface area contributed by atoms with Crippen molar-refractivity contribution in [1.29, 1.82) is 0 Å². The Morgan fingerprint density at radius 2 is 1.59 bits per heavy atom. The lowest BCUT2D eigenvalue weighted by molar-refractivity contribution is -0.136. The van der Waals surface area contributed by atoms with Gasteiger partial charge < -0.3 is 19.9 Å². The molecule has 154 valence electrons. The largest absolute Gasteiger partial charge is 0.489 e. The molecular formula is C23H29N3O3. The molecule has 0 aliphatic carbocycles. The van der Waals surface area contributed by atoms with E-state index in [1.54, 1.807) is 12.1 Å². The number of nitrogens with zero attached hydrogens (tertiary/aromatic N) is 2. The third-order valence-corrected chi connectivity index (χ3v) is 5.16. The first-order valence-corrected chi connectivity index (χ1v) is 10.1. The Bertz CT molecular complexity index is 800. The predicted octanol–water partition coefficient (Wildman–Crippen LogP) is 2.41. The van der Waals surface area contributed by atoms with Crippen molar-refractivity contribution in [1.82, 2.24) is 15.1 Å². The molecule has 3 rings (SSSR count). The minimum Gasteiger partial charge on any atom is -0.489 e. The van der Waals surface area contributed by atoms with E-state index >= 15 is 0 Å². The van der Waals surface area contributed by atoms with E-state index in [9.17, 15) is 9.59 Å². The molecule has 0 aromatic heterocycles. The highest BCUT2D eigenvalue weighted by Gasteiger charge is 2.27. The summed E-state index contributed by atoms with van der Waals surface area (Å²) in [4.78, 5) is 28.8. The molecule has 29 heavy (non-hydrogen) atoms. The van der Waals surface area contributed by atoms with Gasteiger partial charge >= 0.3 is 0 Å². The first-order chi connectivity index (χ1) is 14.1. The van der Waals surface area contributed by atoms with Gasteiger partial charge in [-0.3, -0.25) is 9.59 Å². The monoisotopic (exact) mass is 395 g/mol. The summed E-state index contributed by atoms with van der Waals surface area (Å²) in [6, 6.07) is 17.2. The van der Waals surface area contributed by atoms with E-state index in [2.05, 4.69) is 5.32 Å². The van der Waals surface area contributed by atoms with E-state index < -0.39 is 0 Å². The number of nitrogens with one attached hydrogen (secondary N) is 1. The standard InChI is InChI=1S/C23H29N3O3/c1-18(16-24-2)22(27)25-12-14-26(15-13-25)23(28)20-8-10-21(11-9-20)29-17-19-6-4-3-5-7-19/h3-11,18,24H,12-17H2,1-2H3. The van der Waals surface area contributed by atoms with Crippen LogP contribution >= 0.6 is 0 Å². The molecule has 6 nitrogen and oxygen atoms in total. The highest BCUT2D eigenvalue weighted by molar-refractivity contribution is 5.94. The number of carbonyl (C=O) groups is 2. The molecule has 0 bridgehead atoms. The van der Waals surface area contributed by atoms with E-state index in [1.807, 2.05) is 66.2 Å². The number of benzene rings is 2. The van der Waals surface area contributed by atoms with Gasteiger partial charge in [-0.2, -0.15) is 0 Å². The maximum absolute atomic E-state index is 12.8. The SMILES string of the molecule is CNCC(C)C(=O)N1CCN(C(=O)c2ccc(OCc3ccccc3)cc2)CC1. The summed E-state index contributed by atoms with van der Waals surface area (Å²) >= 11 is 0. The van der Waals surface area contributed by atoms with E-state index in [0.29, 0.717) is 44.9 Å². The molecule has 6 heteroatoms. The van der Waals surface area contributed by atoms with Crippen LogP contribution in [0.4, 0.5) is 0 Å². The molecule has 1 atom stereocenters. The topological polar surface area (TPSA) is 61.9 Å². The van der Waals surface area contributed by atoms with Gasteiger partial charge in [-0.05, 0) is 36.9 Å². The minimum atomic E-state index is -0.0503. The summed E-state index contributed by atoms with van der Waals surface area (Å²) in [6.45, 7) is 5.37. The van der Waals surface area contributed by atoms with Crippen LogP contribution < -0.4 is 10.1 Å². The molecule has 0 radical (unpaired) electrons. The third-order valence-electron chi connectivity index (χ3n) is 5.16. The highest BCUT2D eigenvalue weighted by atomic mass is 16.5. The second-order valence-corrected chi connectivity index (χ2v) is 7.37. The van der Waals surface area contributed by atoms with Crippen molar-refractivity contribution in [2.45, 2.75) is 13.5 Å². The van der Waals surface area contributed by atoms with Crippen molar-refractivity contribution >= 4 is 11.8 Å². The Labute approximate surface area is 172 Å². The number of rotatable bonds is 7. The number of hydrogen-bond donors (Lipinski definition) is 1. The van der Waals surface area contributed by atoms with Crippen molar-refractivity contribution < 1.29 is 14.3 Å². The van der Waals surface area contributed by atoms with Crippen LogP contribution in [0.5, 0.6) is 5.75 Å². The highest BCUT2D eigenvalue weighted by Crippen LogP contribution is 2.17. The smallest absolute Gasteiger partial charge is 0.253 e.